The number of para-hydroxylation sites is 1. The summed E-state index contributed by atoms with van der Waals surface area (Å²) in [5, 5.41) is 0. The van der Waals surface area contributed by atoms with Crippen LogP contribution in [-0.4, -0.2) is 5.78 Å². The standard InChI is InChI=1S/C16H14O2/c1-11-6-2-4-8-13(11)16-14(17)10-12-7-3-5-9-15(12)18-16/h2-9,16H,10H2,1H3. The summed E-state index contributed by atoms with van der Waals surface area (Å²) in [6, 6.07) is 15.6. The molecule has 1 heterocycles. The number of ketones is 1. The summed E-state index contributed by atoms with van der Waals surface area (Å²) in [5.41, 5.74) is 3.04. The van der Waals surface area contributed by atoms with Crippen molar-refractivity contribution in [2.45, 2.75) is 19.4 Å². The molecule has 90 valence electrons. The Morgan fingerprint density at radius 3 is 2.61 bits per heavy atom. The monoisotopic (exact) mass is 238 g/mol. The summed E-state index contributed by atoms with van der Waals surface area (Å²) in [6.07, 6.45) is -0.00377. The molecule has 0 aliphatic carbocycles. The van der Waals surface area contributed by atoms with Crippen LogP contribution in [0, 0.1) is 6.92 Å². The Labute approximate surface area is 106 Å². The number of aryl methyl sites for hydroxylation is 1. The Hall–Kier alpha value is -2.09. The largest absolute Gasteiger partial charge is 0.478 e. The van der Waals surface area contributed by atoms with E-state index in [1.54, 1.807) is 0 Å². The topological polar surface area (TPSA) is 26.3 Å². The van der Waals surface area contributed by atoms with E-state index in [9.17, 15) is 4.79 Å². The zero-order valence-electron chi connectivity index (χ0n) is 10.2. The van der Waals surface area contributed by atoms with Crippen molar-refractivity contribution in [3.8, 4) is 5.75 Å². The Balaban J connectivity index is 2.01. The van der Waals surface area contributed by atoms with Crippen LogP contribution in [-0.2, 0) is 11.2 Å². The van der Waals surface area contributed by atoms with Gasteiger partial charge < -0.3 is 4.74 Å². The zero-order valence-corrected chi connectivity index (χ0v) is 10.2. The molecule has 3 rings (SSSR count). The van der Waals surface area contributed by atoms with Gasteiger partial charge in [0.05, 0.1) is 0 Å². The van der Waals surface area contributed by atoms with Gasteiger partial charge in [-0.25, -0.2) is 0 Å². The molecule has 0 amide bonds. The number of rotatable bonds is 1. The molecule has 2 nitrogen and oxygen atoms in total. The Bertz CT molecular complexity index is 602. The van der Waals surface area contributed by atoms with E-state index in [1.165, 1.54) is 0 Å². The van der Waals surface area contributed by atoms with Gasteiger partial charge in [-0.15, -0.1) is 0 Å². The first-order chi connectivity index (χ1) is 8.75. The van der Waals surface area contributed by atoms with Crippen LogP contribution in [0.1, 0.15) is 22.8 Å². The van der Waals surface area contributed by atoms with Gasteiger partial charge in [0.15, 0.2) is 11.9 Å². The number of hydrogen-bond donors (Lipinski definition) is 0. The fraction of sp³-hybridized carbons (Fsp3) is 0.188. The maximum Gasteiger partial charge on any atom is 0.182 e. The van der Waals surface area contributed by atoms with Crippen molar-refractivity contribution in [2.75, 3.05) is 0 Å². The predicted molar refractivity (Wildman–Crippen MR) is 69.7 cm³/mol. The third kappa shape index (κ3) is 1.80. The second-order valence-electron chi connectivity index (χ2n) is 4.61. The number of ether oxygens (including phenoxy) is 1. The fourth-order valence-electron chi connectivity index (χ4n) is 2.36. The van der Waals surface area contributed by atoms with Crippen LogP contribution in [0.15, 0.2) is 48.5 Å². The minimum atomic E-state index is -0.457. The van der Waals surface area contributed by atoms with Crippen molar-refractivity contribution in [1.29, 1.82) is 0 Å². The summed E-state index contributed by atoms with van der Waals surface area (Å²) in [7, 11) is 0. The highest BCUT2D eigenvalue weighted by Gasteiger charge is 2.29. The van der Waals surface area contributed by atoms with Gasteiger partial charge in [-0.3, -0.25) is 4.79 Å². The van der Waals surface area contributed by atoms with Gasteiger partial charge in [0, 0.05) is 17.5 Å². The number of benzene rings is 2. The summed E-state index contributed by atoms with van der Waals surface area (Å²) in [5.74, 6) is 0.952. The molecule has 1 unspecified atom stereocenters. The van der Waals surface area contributed by atoms with Gasteiger partial charge in [0.2, 0.25) is 0 Å². The second kappa shape index (κ2) is 4.30. The van der Waals surface area contributed by atoms with Crippen LogP contribution in [0.3, 0.4) is 0 Å². The number of carbonyl (C=O) groups excluding carboxylic acids is 1. The van der Waals surface area contributed by atoms with E-state index in [0.717, 1.165) is 22.4 Å². The van der Waals surface area contributed by atoms with Crippen LogP contribution in [0.5, 0.6) is 5.75 Å². The van der Waals surface area contributed by atoms with Gasteiger partial charge in [-0.1, -0.05) is 42.5 Å². The fourth-order valence-corrected chi connectivity index (χ4v) is 2.36. The lowest BCUT2D eigenvalue weighted by atomic mass is 9.94. The molecule has 0 saturated heterocycles. The first-order valence-corrected chi connectivity index (χ1v) is 6.08. The van der Waals surface area contributed by atoms with E-state index in [0.29, 0.717) is 6.42 Å². The molecule has 0 saturated carbocycles. The average Bonchev–Trinajstić information content (AvgIpc) is 2.39. The van der Waals surface area contributed by atoms with Gasteiger partial charge >= 0.3 is 0 Å². The van der Waals surface area contributed by atoms with Crippen molar-refractivity contribution in [1.82, 2.24) is 0 Å². The SMILES string of the molecule is Cc1ccccc1C1Oc2ccccc2CC1=O. The molecular formula is C16H14O2. The Kier molecular flexibility index (Phi) is 2.63. The minimum Gasteiger partial charge on any atom is -0.478 e. The molecule has 0 aromatic heterocycles. The van der Waals surface area contributed by atoms with Gasteiger partial charge in [-0.05, 0) is 18.6 Å². The molecular weight excluding hydrogens is 224 g/mol. The van der Waals surface area contributed by atoms with Crippen molar-refractivity contribution >= 4 is 5.78 Å². The van der Waals surface area contributed by atoms with Crippen LogP contribution in [0.2, 0.25) is 0 Å². The van der Waals surface area contributed by atoms with E-state index in [4.69, 9.17) is 4.74 Å². The van der Waals surface area contributed by atoms with Crippen LogP contribution in [0.25, 0.3) is 0 Å². The molecule has 2 aromatic rings. The number of Topliss-reactive ketones (excluding diaryl/α,β-unsaturated/α-hetero) is 1. The first kappa shape index (κ1) is 11.0. The van der Waals surface area contributed by atoms with Crippen molar-refractivity contribution in [3.05, 3.63) is 65.2 Å². The maximum atomic E-state index is 12.2. The third-order valence-corrected chi connectivity index (χ3v) is 3.35. The molecule has 0 spiro atoms. The smallest absolute Gasteiger partial charge is 0.182 e. The molecule has 0 fully saturated rings. The Morgan fingerprint density at radius 2 is 1.78 bits per heavy atom. The highest BCUT2D eigenvalue weighted by atomic mass is 16.5. The normalized spacial score (nSPS) is 18.1. The highest BCUT2D eigenvalue weighted by Crippen LogP contribution is 2.33. The summed E-state index contributed by atoms with van der Waals surface area (Å²) in [4.78, 5) is 12.2. The lowest BCUT2D eigenvalue weighted by Crippen LogP contribution is -2.26. The first-order valence-electron chi connectivity index (χ1n) is 6.08. The van der Waals surface area contributed by atoms with Crippen molar-refractivity contribution < 1.29 is 9.53 Å². The van der Waals surface area contributed by atoms with E-state index < -0.39 is 6.10 Å². The van der Waals surface area contributed by atoms with Gasteiger partial charge in [0.25, 0.3) is 0 Å². The van der Waals surface area contributed by atoms with Crippen LogP contribution < -0.4 is 4.74 Å². The van der Waals surface area contributed by atoms with E-state index >= 15 is 0 Å². The molecule has 1 atom stereocenters. The maximum absolute atomic E-state index is 12.2. The molecule has 2 aromatic carbocycles. The number of carbonyl (C=O) groups is 1. The molecule has 0 bridgehead atoms. The average molecular weight is 238 g/mol. The van der Waals surface area contributed by atoms with Crippen molar-refractivity contribution in [3.63, 3.8) is 0 Å². The zero-order chi connectivity index (χ0) is 12.5. The molecule has 1 aliphatic rings. The molecule has 0 radical (unpaired) electrons. The van der Waals surface area contributed by atoms with Crippen molar-refractivity contribution in [2.24, 2.45) is 0 Å². The minimum absolute atomic E-state index is 0.128. The lowest BCUT2D eigenvalue weighted by molar-refractivity contribution is -0.126. The van der Waals surface area contributed by atoms with E-state index in [2.05, 4.69) is 0 Å². The van der Waals surface area contributed by atoms with Crippen LogP contribution >= 0.6 is 0 Å². The van der Waals surface area contributed by atoms with Gasteiger partial charge in [-0.2, -0.15) is 0 Å². The predicted octanol–water partition coefficient (Wildman–Crippen LogP) is 3.24. The van der Waals surface area contributed by atoms with Gasteiger partial charge in [0.1, 0.15) is 5.75 Å². The summed E-state index contributed by atoms with van der Waals surface area (Å²) < 4.78 is 5.86. The summed E-state index contributed by atoms with van der Waals surface area (Å²) in [6.45, 7) is 2.01. The van der Waals surface area contributed by atoms with E-state index in [1.807, 2.05) is 55.5 Å². The second-order valence-corrected chi connectivity index (χ2v) is 4.61. The molecule has 18 heavy (non-hydrogen) atoms. The van der Waals surface area contributed by atoms with Crippen LogP contribution in [0.4, 0.5) is 0 Å². The third-order valence-electron chi connectivity index (χ3n) is 3.35. The number of fused-ring (bicyclic) bond motifs is 1. The molecule has 2 heteroatoms. The molecule has 1 aliphatic heterocycles. The summed E-state index contributed by atoms with van der Waals surface area (Å²) >= 11 is 0. The quantitative estimate of drug-likeness (QED) is 0.762. The Morgan fingerprint density at radius 1 is 1.06 bits per heavy atom. The highest BCUT2D eigenvalue weighted by molar-refractivity contribution is 5.89. The molecule has 0 N–H and O–H groups in total. The lowest BCUT2D eigenvalue weighted by Gasteiger charge is -2.26. The van der Waals surface area contributed by atoms with E-state index in [-0.39, 0.29) is 5.78 Å². The number of hydrogen-bond acceptors (Lipinski definition) is 2.